The van der Waals surface area contributed by atoms with Gasteiger partial charge in [0, 0.05) is 31.8 Å². The van der Waals surface area contributed by atoms with E-state index < -0.39 is 10.7 Å². The van der Waals surface area contributed by atoms with Crippen molar-refractivity contribution in [1.82, 2.24) is 5.32 Å². The fraction of sp³-hybridized carbons (Fsp3) is 0.333. The third-order valence-corrected chi connectivity index (χ3v) is 8.81. The predicted molar refractivity (Wildman–Crippen MR) is 130 cm³/mol. The van der Waals surface area contributed by atoms with Gasteiger partial charge in [-0.05, 0) is 38.1 Å². The molecular weight excluding hydrogens is 441 g/mol. The summed E-state index contributed by atoms with van der Waals surface area (Å²) in [7, 11) is 1.62. The summed E-state index contributed by atoms with van der Waals surface area (Å²) < 4.78 is -0.437. The first-order valence-electron chi connectivity index (χ1n) is 9.04. The molecule has 0 aliphatic rings. The van der Waals surface area contributed by atoms with E-state index in [1.165, 1.54) is 16.7 Å². The highest BCUT2D eigenvalue weighted by atomic mass is 32.2. The number of carbonyl (C=O) groups excluding carboxylic acids is 1. The molecule has 2 aromatic carbocycles. The molecule has 0 aromatic heterocycles. The number of hydrogen-bond donors (Lipinski definition) is 2. The Morgan fingerprint density at radius 1 is 1.00 bits per heavy atom. The van der Waals surface area contributed by atoms with E-state index in [-0.39, 0.29) is 5.91 Å². The smallest absolute Gasteiger partial charge is 0.230 e. The third-order valence-electron chi connectivity index (χ3n) is 4.12. The number of carbonyl (C=O) groups is 1. The highest BCUT2D eigenvalue weighted by molar-refractivity contribution is 8.24. The third kappa shape index (κ3) is 7.85. The number of thioether (sulfide) groups is 4. The van der Waals surface area contributed by atoms with Crippen LogP contribution in [0.4, 0.5) is 0 Å². The van der Waals surface area contributed by atoms with Crippen LogP contribution in [0.2, 0.25) is 0 Å². The molecule has 4 nitrogen and oxygen atoms in total. The summed E-state index contributed by atoms with van der Waals surface area (Å²) >= 11 is 6.49. The lowest BCUT2D eigenvalue weighted by atomic mass is 9.95. The number of hydrogen-bond acceptors (Lipinski definition) is 7. The molecule has 2 N–H and O–H groups in total. The second-order valence-corrected chi connectivity index (χ2v) is 12.0. The lowest BCUT2D eigenvalue weighted by Gasteiger charge is -2.32. The maximum Gasteiger partial charge on any atom is 0.230 e. The standard InChI is InChI=1S/C21H26N2O2S4/c1-21(2,29-15-27-17-12-8-5-9-13-17)18(19(24)22-3)20(23-25)28-14-26-16-10-6-4-7-11-16/h4-13,18,25H,14-15H2,1-3H3,(H,22,24). The van der Waals surface area contributed by atoms with Gasteiger partial charge in [-0.25, -0.2) is 0 Å². The summed E-state index contributed by atoms with van der Waals surface area (Å²) in [4.78, 5) is 15.0. The number of nitrogens with zero attached hydrogens (tertiary/aromatic N) is 1. The lowest BCUT2D eigenvalue weighted by Crippen LogP contribution is -2.44. The quantitative estimate of drug-likeness (QED) is 0.114. The van der Waals surface area contributed by atoms with Crippen LogP contribution in [0.3, 0.4) is 0 Å². The topological polar surface area (TPSA) is 61.7 Å². The molecule has 0 aliphatic heterocycles. The Balaban J connectivity index is 2.01. The predicted octanol–water partition coefficient (Wildman–Crippen LogP) is 5.88. The first kappa shape index (κ1) is 24.1. The number of benzene rings is 2. The van der Waals surface area contributed by atoms with Crippen LogP contribution in [0.5, 0.6) is 0 Å². The molecule has 156 valence electrons. The highest BCUT2D eigenvalue weighted by Gasteiger charge is 2.40. The van der Waals surface area contributed by atoms with Crippen molar-refractivity contribution >= 4 is 58.0 Å². The van der Waals surface area contributed by atoms with Crippen molar-refractivity contribution in [3.05, 3.63) is 60.7 Å². The minimum Gasteiger partial charge on any atom is -0.410 e. The van der Waals surface area contributed by atoms with Gasteiger partial charge in [0.25, 0.3) is 0 Å². The van der Waals surface area contributed by atoms with Crippen LogP contribution in [0, 0.1) is 5.92 Å². The van der Waals surface area contributed by atoms with Crippen LogP contribution in [0.1, 0.15) is 13.8 Å². The summed E-state index contributed by atoms with van der Waals surface area (Å²) in [5.41, 5.74) is 0. The summed E-state index contributed by atoms with van der Waals surface area (Å²) in [6, 6.07) is 20.2. The van der Waals surface area contributed by atoms with Gasteiger partial charge in [0.05, 0.1) is 0 Å². The van der Waals surface area contributed by atoms with Crippen LogP contribution < -0.4 is 5.32 Å². The van der Waals surface area contributed by atoms with Crippen molar-refractivity contribution in [3.8, 4) is 0 Å². The average Bonchev–Trinajstić information content (AvgIpc) is 2.74. The van der Waals surface area contributed by atoms with Gasteiger partial charge in [-0.2, -0.15) is 0 Å². The SMILES string of the molecule is CNC(=O)C(C(=NO)SCSc1ccccc1)C(C)(C)SCSc1ccccc1. The molecular formula is C21H26N2O2S4. The fourth-order valence-corrected chi connectivity index (χ4v) is 7.61. The van der Waals surface area contributed by atoms with E-state index in [4.69, 9.17) is 0 Å². The molecule has 0 spiro atoms. The van der Waals surface area contributed by atoms with Gasteiger partial charge >= 0.3 is 0 Å². The van der Waals surface area contributed by atoms with E-state index in [2.05, 4.69) is 22.6 Å². The summed E-state index contributed by atoms with van der Waals surface area (Å²) in [6.45, 7) is 4.05. The first-order chi connectivity index (χ1) is 14.0. The molecule has 0 saturated heterocycles. The van der Waals surface area contributed by atoms with Crippen LogP contribution in [-0.4, -0.2) is 38.1 Å². The number of oxime groups is 1. The van der Waals surface area contributed by atoms with Gasteiger partial charge < -0.3 is 10.5 Å². The Hall–Kier alpha value is -1.22. The van der Waals surface area contributed by atoms with Crippen molar-refractivity contribution in [1.29, 1.82) is 0 Å². The molecule has 1 amide bonds. The monoisotopic (exact) mass is 466 g/mol. The Bertz CT molecular complexity index is 786. The van der Waals surface area contributed by atoms with E-state index in [0.717, 1.165) is 9.98 Å². The van der Waals surface area contributed by atoms with Crippen LogP contribution in [0.15, 0.2) is 75.6 Å². The van der Waals surface area contributed by atoms with Gasteiger partial charge in [0.2, 0.25) is 5.91 Å². The molecule has 2 rings (SSSR count). The molecule has 0 aliphatic carbocycles. The van der Waals surface area contributed by atoms with Crippen molar-refractivity contribution in [2.75, 3.05) is 17.2 Å². The van der Waals surface area contributed by atoms with E-state index in [0.29, 0.717) is 10.1 Å². The maximum absolute atomic E-state index is 12.7. The largest absolute Gasteiger partial charge is 0.410 e. The zero-order valence-corrected chi connectivity index (χ0v) is 20.0. The highest BCUT2D eigenvalue weighted by Crippen LogP contribution is 2.40. The van der Waals surface area contributed by atoms with Gasteiger partial charge in [-0.15, -0.1) is 35.3 Å². The molecule has 29 heavy (non-hydrogen) atoms. The minimum absolute atomic E-state index is 0.141. The normalized spacial score (nSPS) is 13.1. The summed E-state index contributed by atoms with van der Waals surface area (Å²) in [6.07, 6.45) is 0. The molecule has 0 radical (unpaired) electrons. The zero-order valence-electron chi connectivity index (χ0n) is 16.7. The Kier molecular flexibility index (Phi) is 10.3. The van der Waals surface area contributed by atoms with Crippen LogP contribution in [0.25, 0.3) is 0 Å². The van der Waals surface area contributed by atoms with Crippen molar-refractivity contribution in [2.45, 2.75) is 28.4 Å². The summed E-state index contributed by atoms with van der Waals surface area (Å²) in [5.74, 6) is -0.683. The average molecular weight is 467 g/mol. The molecule has 0 heterocycles. The number of amides is 1. The first-order valence-corrected chi connectivity index (χ1v) is 13.0. The Morgan fingerprint density at radius 3 is 2.00 bits per heavy atom. The van der Waals surface area contributed by atoms with E-state index in [9.17, 15) is 10.0 Å². The lowest BCUT2D eigenvalue weighted by molar-refractivity contribution is -0.123. The maximum atomic E-state index is 12.7. The van der Waals surface area contributed by atoms with Crippen LogP contribution in [-0.2, 0) is 4.79 Å². The van der Waals surface area contributed by atoms with E-state index >= 15 is 0 Å². The second kappa shape index (κ2) is 12.5. The van der Waals surface area contributed by atoms with Gasteiger partial charge in [0.1, 0.15) is 11.0 Å². The molecule has 2 aromatic rings. The molecule has 0 fully saturated rings. The Labute approximate surface area is 190 Å². The summed E-state index contributed by atoms with van der Waals surface area (Å²) in [5, 5.41) is 17.8. The second-order valence-electron chi connectivity index (χ2n) is 6.53. The zero-order chi connectivity index (χ0) is 21.1. The van der Waals surface area contributed by atoms with Crippen molar-refractivity contribution in [2.24, 2.45) is 11.1 Å². The van der Waals surface area contributed by atoms with E-state index in [1.807, 2.05) is 62.4 Å². The van der Waals surface area contributed by atoms with Gasteiger partial charge in [-0.3, -0.25) is 4.79 Å². The number of nitrogens with one attached hydrogen (secondary N) is 1. The number of rotatable bonds is 10. The van der Waals surface area contributed by atoms with Gasteiger partial charge in [-0.1, -0.05) is 53.3 Å². The molecule has 0 bridgehead atoms. The van der Waals surface area contributed by atoms with E-state index in [1.54, 1.807) is 42.3 Å². The van der Waals surface area contributed by atoms with Crippen molar-refractivity contribution in [3.63, 3.8) is 0 Å². The molecule has 1 unspecified atom stereocenters. The fourth-order valence-electron chi connectivity index (χ4n) is 2.56. The van der Waals surface area contributed by atoms with Gasteiger partial charge in [0.15, 0.2) is 0 Å². The molecule has 8 heteroatoms. The Morgan fingerprint density at radius 2 is 1.52 bits per heavy atom. The van der Waals surface area contributed by atoms with Crippen LogP contribution >= 0.6 is 47.0 Å². The molecule has 0 saturated carbocycles. The van der Waals surface area contributed by atoms with Crippen molar-refractivity contribution < 1.29 is 10.0 Å². The molecule has 1 atom stereocenters. The minimum atomic E-state index is -0.541.